The maximum atomic E-state index is 11.0. The van der Waals surface area contributed by atoms with Crippen molar-refractivity contribution in [1.82, 2.24) is 0 Å². The summed E-state index contributed by atoms with van der Waals surface area (Å²) in [5, 5.41) is 8.90. The highest BCUT2D eigenvalue weighted by Gasteiger charge is 2.51. The van der Waals surface area contributed by atoms with E-state index >= 15 is 0 Å². The van der Waals surface area contributed by atoms with Crippen molar-refractivity contribution < 1.29 is 19.3 Å². The van der Waals surface area contributed by atoms with Crippen LogP contribution in [-0.4, -0.2) is 29.8 Å². The minimum Gasteiger partial charge on any atom is -0.399 e. The number of nitrogens with one attached hydrogen (secondary N) is 1. The second-order valence-corrected chi connectivity index (χ2v) is 5.66. The predicted molar refractivity (Wildman–Crippen MR) is 73.0 cm³/mol. The van der Waals surface area contributed by atoms with E-state index in [1.165, 1.54) is 0 Å². The fourth-order valence-corrected chi connectivity index (χ4v) is 1.91. The summed E-state index contributed by atoms with van der Waals surface area (Å²) >= 11 is 0. The Bertz CT molecular complexity index is 485. The van der Waals surface area contributed by atoms with Gasteiger partial charge in [0.05, 0.1) is 16.9 Å². The average Bonchev–Trinajstić information content (AvgIpc) is 2.57. The molecule has 0 bridgehead atoms. The summed E-state index contributed by atoms with van der Waals surface area (Å²) in [6, 6.07) is 5.02. The van der Waals surface area contributed by atoms with Gasteiger partial charge in [-0.05, 0) is 45.3 Å². The zero-order valence-electron chi connectivity index (χ0n) is 11.6. The molecule has 1 heterocycles. The summed E-state index contributed by atoms with van der Waals surface area (Å²) in [5.41, 5.74) is 2.60. The first-order valence-corrected chi connectivity index (χ1v) is 6.15. The van der Waals surface area contributed by atoms with Crippen LogP contribution in [0.2, 0.25) is 0 Å². The van der Waals surface area contributed by atoms with Crippen molar-refractivity contribution in [2.24, 2.45) is 0 Å². The lowest BCUT2D eigenvalue weighted by molar-refractivity contribution is 0.00578. The number of benzene rings is 1. The molecule has 1 aliphatic rings. The summed E-state index contributed by atoms with van der Waals surface area (Å²) in [6.07, 6.45) is 0.674. The molecule has 0 atom stereocenters. The van der Waals surface area contributed by atoms with Crippen LogP contribution < -0.4 is 10.9 Å². The highest BCUT2D eigenvalue weighted by atomic mass is 16.7. The maximum Gasteiger partial charge on any atom is 0.494 e. The Morgan fingerprint density at radius 2 is 1.79 bits per heavy atom. The molecule has 6 heteroatoms. The van der Waals surface area contributed by atoms with E-state index in [-0.39, 0.29) is 0 Å². The van der Waals surface area contributed by atoms with Crippen molar-refractivity contribution >= 4 is 24.6 Å². The third-order valence-corrected chi connectivity index (χ3v) is 3.85. The fraction of sp³-hybridized carbons (Fsp3) is 0.462. The Kier molecular flexibility index (Phi) is 3.42. The van der Waals surface area contributed by atoms with E-state index in [1.54, 1.807) is 18.2 Å². The molecule has 2 N–H and O–H groups in total. The van der Waals surface area contributed by atoms with Gasteiger partial charge in [0.2, 0.25) is 0 Å². The maximum absolute atomic E-state index is 11.0. The number of anilines is 1. The first-order chi connectivity index (χ1) is 8.80. The van der Waals surface area contributed by atoms with Gasteiger partial charge < -0.3 is 9.31 Å². The zero-order valence-corrected chi connectivity index (χ0v) is 11.6. The lowest BCUT2D eigenvalue weighted by Gasteiger charge is -2.32. The third-order valence-electron chi connectivity index (χ3n) is 3.85. The number of rotatable bonds is 3. The lowest BCUT2D eigenvalue weighted by Crippen LogP contribution is -2.41. The molecule has 19 heavy (non-hydrogen) atoms. The van der Waals surface area contributed by atoms with E-state index in [2.05, 4.69) is 0 Å². The molecule has 0 aliphatic carbocycles. The summed E-state index contributed by atoms with van der Waals surface area (Å²) < 4.78 is 11.8. The second kappa shape index (κ2) is 4.63. The molecular formula is C13H18BNO4. The van der Waals surface area contributed by atoms with Crippen molar-refractivity contribution in [2.45, 2.75) is 38.9 Å². The van der Waals surface area contributed by atoms with Crippen LogP contribution in [0.15, 0.2) is 18.2 Å². The molecule has 5 nitrogen and oxygen atoms in total. The van der Waals surface area contributed by atoms with Crippen LogP contribution >= 0.6 is 0 Å². The van der Waals surface area contributed by atoms with Crippen molar-refractivity contribution in [3.63, 3.8) is 0 Å². The van der Waals surface area contributed by atoms with Gasteiger partial charge in [0.15, 0.2) is 6.29 Å². The Morgan fingerprint density at radius 3 is 2.26 bits per heavy atom. The van der Waals surface area contributed by atoms with Gasteiger partial charge in [0, 0.05) is 5.56 Å². The molecule has 1 saturated heterocycles. The quantitative estimate of drug-likeness (QED) is 0.492. The zero-order chi connectivity index (χ0) is 14.3. The van der Waals surface area contributed by atoms with Crippen LogP contribution in [0.5, 0.6) is 0 Å². The molecule has 0 saturated carbocycles. The minimum atomic E-state index is -0.517. The highest BCUT2D eigenvalue weighted by Crippen LogP contribution is 2.36. The van der Waals surface area contributed by atoms with Gasteiger partial charge in [-0.3, -0.25) is 15.5 Å². The van der Waals surface area contributed by atoms with E-state index in [0.717, 1.165) is 5.46 Å². The largest absolute Gasteiger partial charge is 0.494 e. The number of hydrogen-bond donors (Lipinski definition) is 2. The molecule has 0 amide bonds. The molecule has 0 aromatic heterocycles. The van der Waals surface area contributed by atoms with Gasteiger partial charge in [-0.1, -0.05) is 6.07 Å². The number of carbonyl (C=O) groups excluding carboxylic acids is 1. The summed E-state index contributed by atoms with van der Waals surface area (Å²) in [5.74, 6) is 0. The smallest absolute Gasteiger partial charge is 0.399 e. The summed E-state index contributed by atoms with van der Waals surface area (Å²) in [4.78, 5) is 11.0. The van der Waals surface area contributed by atoms with Gasteiger partial charge in [0.25, 0.3) is 0 Å². The Morgan fingerprint density at radius 1 is 1.21 bits per heavy atom. The van der Waals surface area contributed by atoms with Gasteiger partial charge in [-0.2, -0.15) is 0 Å². The molecule has 102 valence electrons. The van der Waals surface area contributed by atoms with Gasteiger partial charge >= 0.3 is 7.12 Å². The van der Waals surface area contributed by atoms with Crippen LogP contribution in [0.4, 0.5) is 5.69 Å². The van der Waals surface area contributed by atoms with Crippen LogP contribution in [0.3, 0.4) is 0 Å². The van der Waals surface area contributed by atoms with E-state index < -0.39 is 18.3 Å². The number of hydrogen-bond acceptors (Lipinski definition) is 5. The average molecular weight is 263 g/mol. The molecule has 1 aromatic carbocycles. The van der Waals surface area contributed by atoms with Crippen molar-refractivity contribution in [1.29, 1.82) is 0 Å². The first-order valence-electron chi connectivity index (χ1n) is 6.15. The van der Waals surface area contributed by atoms with Crippen molar-refractivity contribution in [2.75, 3.05) is 5.48 Å². The topological polar surface area (TPSA) is 67.8 Å². The molecule has 1 fully saturated rings. The number of aldehydes is 1. The first kappa shape index (κ1) is 14.1. The molecule has 1 aromatic rings. The molecule has 2 rings (SSSR count). The molecule has 0 unspecified atom stereocenters. The summed E-state index contributed by atoms with van der Waals surface area (Å²) in [7, 11) is -0.517. The van der Waals surface area contributed by atoms with E-state index in [9.17, 15) is 4.79 Å². The third kappa shape index (κ3) is 2.39. The summed E-state index contributed by atoms with van der Waals surface area (Å²) in [6.45, 7) is 7.88. The Hall–Kier alpha value is -1.37. The van der Waals surface area contributed by atoms with E-state index in [1.807, 2.05) is 33.2 Å². The Labute approximate surface area is 113 Å². The van der Waals surface area contributed by atoms with Gasteiger partial charge in [-0.15, -0.1) is 0 Å². The van der Waals surface area contributed by atoms with E-state index in [0.29, 0.717) is 17.5 Å². The number of carbonyl (C=O) groups is 1. The SMILES string of the molecule is CC1(C)OB(c2ccc(NO)c(C=O)c2)OC1(C)C. The Balaban J connectivity index is 2.32. The van der Waals surface area contributed by atoms with Gasteiger partial charge in [0.1, 0.15) is 0 Å². The van der Waals surface area contributed by atoms with Crippen LogP contribution in [0.25, 0.3) is 0 Å². The second-order valence-electron chi connectivity index (χ2n) is 5.66. The monoisotopic (exact) mass is 263 g/mol. The highest BCUT2D eigenvalue weighted by molar-refractivity contribution is 6.62. The van der Waals surface area contributed by atoms with E-state index in [4.69, 9.17) is 14.5 Å². The van der Waals surface area contributed by atoms with Crippen molar-refractivity contribution in [3.05, 3.63) is 23.8 Å². The van der Waals surface area contributed by atoms with Crippen LogP contribution in [-0.2, 0) is 9.31 Å². The van der Waals surface area contributed by atoms with Gasteiger partial charge in [-0.25, -0.2) is 0 Å². The lowest BCUT2D eigenvalue weighted by atomic mass is 9.78. The molecule has 0 radical (unpaired) electrons. The van der Waals surface area contributed by atoms with Crippen molar-refractivity contribution in [3.8, 4) is 0 Å². The van der Waals surface area contributed by atoms with Crippen LogP contribution in [0, 0.1) is 0 Å². The molecule has 1 aliphatic heterocycles. The van der Waals surface area contributed by atoms with Crippen LogP contribution in [0.1, 0.15) is 38.1 Å². The predicted octanol–water partition coefficient (Wildman–Crippen LogP) is 1.60. The fourth-order valence-electron chi connectivity index (χ4n) is 1.91. The normalized spacial score (nSPS) is 20.4. The molecular weight excluding hydrogens is 245 g/mol. The standard InChI is InChI=1S/C13H18BNO4/c1-12(2)13(3,4)19-14(18-12)10-5-6-11(15-17)9(7-10)8-16/h5-8,15,17H,1-4H3. The minimum absolute atomic E-state index is 0.356. The molecule has 0 spiro atoms.